The first-order chi connectivity index (χ1) is 10.4. The van der Waals surface area contributed by atoms with E-state index >= 15 is 0 Å². The Morgan fingerprint density at radius 1 is 0.864 bits per heavy atom. The molecule has 0 heterocycles. The van der Waals surface area contributed by atoms with Crippen LogP contribution in [-0.2, 0) is 0 Å². The van der Waals surface area contributed by atoms with Crippen LogP contribution >= 0.6 is 0 Å². The van der Waals surface area contributed by atoms with Crippen LogP contribution in [0.5, 0.6) is 0 Å². The van der Waals surface area contributed by atoms with Crippen molar-refractivity contribution in [3.05, 3.63) is 0 Å². The van der Waals surface area contributed by atoms with Gasteiger partial charge in [-0.25, -0.2) is 0 Å². The smallest absolute Gasteiger partial charge is 0.0596 e. The predicted molar refractivity (Wildman–Crippen MR) is 86.2 cm³/mol. The average Bonchev–Trinajstić information content (AvgIpc) is 3.08. The van der Waals surface area contributed by atoms with E-state index in [1.807, 2.05) is 0 Å². The number of fused-ring (bicyclic) bond motifs is 4. The van der Waals surface area contributed by atoms with Crippen LogP contribution < -0.4 is 0 Å². The minimum Gasteiger partial charge on any atom is -0.393 e. The molecule has 3 unspecified atom stereocenters. The van der Waals surface area contributed by atoms with Crippen LogP contribution in [0, 0.1) is 39.9 Å². The quantitative estimate of drug-likeness (QED) is 0.715. The summed E-state index contributed by atoms with van der Waals surface area (Å²) in [6.07, 6.45) is 10.9. The van der Waals surface area contributed by atoms with Gasteiger partial charge in [0.25, 0.3) is 0 Å². The van der Waals surface area contributed by atoms with Crippen molar-refractivity contribution in [2.45, 2.75) is 83.8 Å². The van der Waals surface area contributed by atoms with Crippen LogP contribution in [0.1, 0.15) is 71.6 Å². The number of hydrogen-bond acceptors (Lipinski definition) is 2. The standard InChI is InChI=1S/C20H32O2/c1-18-7-6-16-14(15(18)3-4-17(18)22)9-12-10-20(12)11-13(21)5-8-19(16,20)2/h12-17,21-22H,3-11H2,1-2H3/t12-,13-,14?,15?,16?,17-,18-,19+,20-/m0/s1. The predicted octanol–water partition coefficient (Wildman–Crippen LogP) is 3.75. The van der Waals surface area contributed by atoms with Crippen LogP contribution in [0.3, 0.4) is 0 Å². The summed E-state index contributed by atoms with van der Waals surface area (Å²) in [7, 11) is 0. The summed E-state index contributed by atoms with van der Waals surface area (Å²) in [6, 6.07) is 0. The molecule has 0 bridgehead atoms. The summed E-state index contributed by atoms with van der Waals surface area (Å²) in [5.41, 5.74) is 1.19. The van der Waals surface area contributed by atoms with Gasteiger partial charge < -0.3 is 10.2 Å². The molecule has 0 amide bonds. The molecule has 0 aliphatic heterocycles. The first-order valence-electron chi connectivity index (χ1n) is 9.77. The zero-order valence-corrected chi connectivity index (χ0v) is 14.2. The average molecular weight is 304 g/mol. The van der Waals surface area contributed by atoms with Crippen molar-refractivity contribution in [1.82, 2.24) is 0 Å². The molecule has 5 fully saturated rings. The first-order valence-corrected chi connectivity index (χ1v) is 9.77. The molecule has 0 saturated heterocycles. The normalized spacial score (nSPS) is 66.0. The summed E-state index contributed by atoms with van der Waals surface area (Å²) in [5.74, 6) is 3.37. The monoisotopic (exact) mass is 304 g/mol. The van der Waals surface area contributed by atoms with Gasteiger partial charge >= 0.3 is 0 Å². The summed E-state index contributed by atoms with van der Waals surface area (Å²) in [5, 5.41) is 20.8. The molecule has 9 atom stereocenters. The molecular weight excluding hydrogens is 272 g/mol. The number of hydrogen-bond donors (Lipinski definition) is 2. The Hall–Kier alpha value is -0.0800. The minimum atomic E-state index is -0.0506. The SMILES string of the molecule is C[C@]12CCC3C(C[C@H]4C[C@]45C[C@@H](O)CC[C@]35C)C1CC[C@@H]2O. The molecule has 1 spiro atoms. The second-order valence-electron chi connectivity index (χ2n) is 10.1. The molecule has 0 aromatic carbocycles. The molecule has 5 aliphatic carbocycles. The maximum absolute atomic E-state index is 10.5. The van der Waals surface area contributed by atoms with Crippen LogP contribution in [0.2, 0.25) is 0 Å². The third kappa shape index (κ3) is 1.46. The van der Waals surface area contributed by atoms with Crippen molar-refractivity contribution >= 4 is 0 Å². The van der Waals surface area contributed by atoms with Crippen molar-refractivity contribution in [2.75, 3.05) is 0 Å². The molecule has 124 valence electrons. The second-order valence-corrected chi connectivity index (χ2v) is 10.1. The molecule has 0 aromatic rings. The fourth-order valence-electron chi connectivity index (χ4n) is 8.37. The van der Waals surface area contributed by atoms with E-state index in [9.17, 15) is 10.2 Å². The molecule has 2 heteroatoms. The highest BCUT2D eigenvalue weighted by molar-refractivity contribution is 5.22. The van der Waals surface area contributed by atoms with Gasteiger partial charge in [0.15, 0.2) is 0 Å². The highest BCUT2D eigenvalue weighted by Gasteiger charge is 2.73. The Morgan fingerprint density at radius 3 is 2.50 bits per heavy atom. The molecule has 0 aromatic heterocycles. The lowest BCUT2D eigenvalue weighted by Gasteiger charge is -2.61. The van der Waals surface area contributed by atoms with Gasteiger partial charge in [0, 0.05) is 0 Å². The van der Waals surface area contributed by atoms with Crippen molar-refractivity contribution in [3.63, 3.8) is 0 Å². The molecule has 2 nitrogen and oxygen atoms in total. The zero-order valence-electron chi connectivity index (χ0n) is 14.2. The lowest BCUT2D eigenvalue weighted by atomic mass is 9.44. The lowest BCUT2D eigenvalue weighted by molar-refractivity contribution is -0.141. The fraction of sp³-hybridized carbons (Fsp3) is 1.00. The van der Waals surface area contributed by atoms with E-state index in [-0.39, 0.29) is 17.6 Å². The molecular formula is C20H32O2. The van der Waals surface area contributed by atoms with Crippen LogP contribution in [0.25, 0.3) is 0 Å². The van der Waals surface area contributed by atoms with Gasteiger partial charge in [0.05, 0.1) is 12.2 Å². The first kappa shape index (κ1) is 14.3. The minimum absolute atomic E-state index is 0.0308. The van der Waals surface area contributed by atoms with Crippen molar-refractivity contribution < 1.29 is 10.2 Å². The topological polar surface area (TPSA) is 40.5 Å². The fourth-order valence-corrected chi connectivity index (χ4v) is 8.37. The molecule has 5 aliphatic rings. The molecule has 2 N–H and O–H groups in total. The van der Waals surface area contributed by atoms with Gasteiger partial charge in [0.1, 0.15) is 0 Å². The van der Waals surface area contributed by atoms with Crippen molar-refractivity contribution in [3.8, 4) is 0 Å². The third-order valence-electron chi connectivity index (χ3n) is 9.73. The number of aliphatic hydroxyl groups is 2. The molecule has 5 saturated carbocycles. The molecule has 22 heavy (non-hydrogen) atoms. The maximum atomic E-state index is 10.5. The van der Waals surface area contributed by atoms with E-state index in [4.69, 9.17) is 0 Å². The van der Waals surface area contributed by atoms with Crippen LogP contribution in [0.4, 0.5) is 0 Å². The van der Waals surface area contributed by atoms with E-state index in [0.29, 0.717) is 10.8 Å². The van der Waals surface area contributed by atoms with E-state index in [1.165, 1.54) is 38.5 Å². The summed E-state index contributed by atoms with van der Waals surface area (Å²) < 4.78 is 0. The Balaban J connectivity index is 1.51. The molecule has 5 rings (SSSR count). The second kappa shape index (κ2) is 4.11. The Morgan fingerprint density at radius 2 is 1.68 bits per heavy atom. The summed E-state index contributed by atoms with van der Waals surface area (Å²) in [4.78, 5) is 0. The van der Waals surface area contributed by atoms with E-state index in [2.05, 4.69) is 13.8 Å². The van der Waals surface area contributed by atoms with E-state index < -0.39 is 0 Å². The Labute approximate surface area is 134 Å². The maximum Gasteiger partial charge on any atom is 0.0596 e. The largest absolute Gasteiger partial charge is 0.393 e. The van der Waals surface area contributed by atoms with Crippen LogP contribution in [0.15, 0.2) is 0 Å². The van der Waals surface area contributed by atoms with Gasteiger partial charge in [-0.3, -0.25) is 0 Å². The van der Waals surface area contributed by atoms with Crippen molar-refractivity contribution in [1.29, 1.82) is 0 Å². The van der Waals surface area contributed by atoms with Gasteiger partial charge in [-0.1, -0.05) is 13.8 Å². The lowest BCUT2D eigenvalue weighted by Crippen LogP contribution is -2.55. The van der Waals surface area contributed by atoms with E-state index in [0.717, 1.165) is 42.9 Å². The third-order valence-corrected chi connectivity index (χ3v) is 9.73. The Kier molecular flexibility index (Phi) is 2.67. The molecule has 0 radical (unpaired) electrons. The van der Waals surface area contributed by atoms with Gasteiger partial charge in [-0.05, 0) is 97.7 Å². The van der Waals surface area contributed by atoms with Crippen LogP contribution in [-0.4, -0.2) is 22.4 Å². The van der Waals surface area contributed by atoms with Gasteiger partial charge in [-0.15, -0.1) is 0 Å². The van der Waals surface area contributed by atoms with Crippen molar-refractivity contribution in [2.24, 2.45) is 39.9 Å². The highest BCUT2D eigenvalue weighted by Crippen LogP contribution is 2.80. The summed E-state index contributed by atoms with van der Waals surface area (Å²) in [6.45, 7) is 4.97. The number of aliphatic hydroxyl groups excluding tert-OH is 2. The van der Waals surface area contributed by atoms with Gasteiger partial charge in [0.2, 0.25) is 0 Å². The van der Waals surface area contributed by atoms with E-state index in [1.54, 1.807) is 0 Å². The zero-order chi connectivity index (χ0) is 15.3. The summed E-state index contributed by atoms with van der Waals surface area (Å²) >= 11 is 0. The number of rotatable bonds is 0. The highest BCUT2D eigenvalue weighted by atomic mass is 16.3. The Bertz CT molecular complexity index is 504. The van der Waals surface area contributed by atoms with Gasteiger partial charge in [-0.2, -0.15) is 0 Å².